The summed E-state index contributed by atoms with van der Waals surface area (Å²) in [7, 11) is 2.21. The van der Waals surface area contributed by atoms with Crippen LogP contribution < -0.4 is 0 Å². The number of carboxylic acid groups (broad SMARTS) is 2. The Bertz CT molecular complexity index is 586. The molecule has 188 valence electrons. The topological polar surface area (TPSA) is 90.3 Å². The van der Waals surface area contributed by atoms with Crippen molar-refractivity contribution in [1.82, 2.24) is 9.80 Å². The van der Waals surface area contributed by atoms with E-state index in [2.05, 4.69) is 30.7 Å². The van der Waals surface area contributed by atoms with Crippen LogP contribution in [0.25, 0.3) is 0 Å². The Labute approximate surface area is 182 Å². The van der Waals surface area contributed by atoms with Gasteiger partial charge in [0.25, 0.3) is 0 Å². The molecule has 3 atom stereocenters. The lowest BCUT2D eigenvalue weighted by atomic mass is 10.0. The number of fused-ring (bicyclic) bond motifs is 1. The number of alkyl halides is 6. The Morgan fingerprint density at radius 3 is 1.84 bits per heavy atom. The van der Waals surface area contributed by atoms with Crippen molar-refractivity contribution in [1.29, 1.82) is 0 Å². The summed E-state index contributed by atoms with van der Waals surface area (Å²) >= 11 is 0. The molecule has 1 saturated carbocycles. The van der Waals surface area contributed by atoms with Gasteiger partial charge in [0.05, 0.1) is 12.2 Å². The standard InChI is InChI=1S/C15H28N2O.2C2HF3O2/c1-11(2)16(3)9-14-6-13-8-17(7-12-4-5-12)10-15(13)18-14;2*3-2(4,5)1(6)7/h11-15H,4-10H2,1-3H3;2*(H,6,7)/t13-,14-,15+;;/m1../s1. The van der Waals surface area contributed by atoms with Crippen LogP contribution in [0.5, 0.6) is 0 Å². The van der Waals surface area contributed by atoms with Crippen molar-refractivity contribution in [3.63, 3.8) is 0 Å². The lowest BCUT2D eigenvalue weighted by Crippen LogP contribution is -2.35. The van der Waals surface area contributed by atoms with Crippen LogP contribution in [0.2, 0.25) is 0 Å². The van der Waals surface area contributed by atoms with Gasteiger partial charge in [-0.25, -0.2) is 9.59 Å². The van der Waals surface area contributed by atoms with Gasteiger partial charge in [-0.1, -0.05) is 0 Å². The van der Waals surface area contributed by atoms with Gasteiger partial charge >= 0.3 is 24.3 Å². The molecule has 2 aliphatic heterocycles. The molecule has 2 N–H and O–H groups in total. The Morgan fingerprint density at radius 2 is 1.50 bits per heavy atom. The van der Waals surface area contributed by atoms with Gasteiger partial charge in [-0.05, 0) is 46.1 Å². The molecule has 2 heterocycles. The van der Waals surface area contributed by atoms with E-state index in [1.165, 1.54) is 38.9 Å². The Morgan fingerprint density at radius 1 is 1.03 bits per heavy atom. The quantitative estimate of drug-likeness (QED) is 0.585. The van der Waals surface area contributed by atoms with E-state index in [1.807, 2.05) is 0 Å². The summed E-state index contributed by atoms with van der Waals surface area (Å²) < 4.78 is 69.7. The molecule has 0 aromatic carbocycles. The summed E-state index contributed by atoms with van der Waals surface area (Å²) in [6, 6.07) is 0.625. The van der Waals surface area contributed by atoms with Gasteiger partial charge in [0.1, 0.15) is 0 Å². The number of likely N-dealkylation sites (N-methyl/N-ethyl adjacent to an activating group) is 1. The monoisotopic (exact) mass is 480 g/mol. The molecule has 32 heavy (non-hydrogen) atoms. The first-order chi connectivity index (χ1) is 14.5. The normalized spacial score (nSPS) is 25.7. The second-order valence-corrected chi connectivity index (χ2v) is 8.59. The molecule has 0 aromatic heterocycles. The Hall–Kier alpha value is -1.60. The number of carbonyl (C=O) groups is 2. The summed E-state index contributed by atoms with van der Waals surface area (Å²) in [5, 5.41) is 14.2. The van der Waals surface area contributed by atoms with E-state index < -0.39 is 24.3 Å². The number of hydrogen-bond acceptors (Lipinski definition) is 5. The maximum Gasteiger partial charge on any atom is 0.490 e. The fourth-order valence-corrected chi connectivity index (χ4v) is 3.41. The average Bonchev–Trinajstić information content (AvgIpc) is 3.24. The van der Waals surface area contributed by atoms with Gasteiger partial charge in [-0.3, -0.25) is 0 Å². The molecule has 0 radical (unpaired) electrons. The molecule has 7 nitrogen and oxygen atoms in total. The number of aliphatic carboxylic acids is 2. The van der Waals surface area contributed by atoms with Crippen LogP contribution in [-0.4, -0.2) is 95.8 Å². The minimum Gasteiger partial charge on any atom is -0.475 e. The smallest absolute Gasteiger partial charge is 0.475 e. The molecule has 0 amide bonds. The van der Waals surface area contributed by atoms with Crippen LogP contribution in [0.3, 0.4) is 0 Å². The highest BCUT2D eigenvalue weighted by atomic mass is 19.4. The lowest BCUT2D eigenvalue weighted by Gasteiger charge is -2.25. The maximum absolute atomic E-state index is 10.6. The van der Waals surface area contributed by atoms with Crippen molar-refractivity contribution in [2.24, 2.45) is 11.8 Å². The molecule has 2 saturated heterocycles. The zero-order valence-electron chi connectivity index (χ0n) is 18.1. The SMILES string of the molecule is CC(C)N(C)C[C@H]1C[C@@H]2CN(CC3CC3)C[C@@H]2O1.O=C(O)C(F)(F)F.O=C(O)C(F)(F)F. The van der Waals surface area contributed by atoms with Gasteiger partial charge in [-0.2, -0.15) is 26.3 Å². The van der Waals surface area contributed by atoms with Crippen molar-refractivity contribution >= 4 is 11.9 Å². The highest BCUT2D eigenvalue weighted by molar-refractivity contribution is 5.73. The molecule has 0 spiro atoms. The second kappa shape index (κ2) is 11.5. The van der Waals surface area contributed by atoms with E-state index >= 15 is 0 Å². The van der Waals surface area contributed by atoms with Crippen LogP contribution in [0.15, 0.2) is 0 Å². The van der Waals surface area contributed by atoms with Crippen LogP contribution in [0, 0.1) is 11.8 Å². The fourth-order valence-electron chi connectivity index (χ4n) is 3.41. The number of carboxylic acids is 2. The van der Waals surface area contributed by atoms with E-state index in [-0.39, 0.29) is 0 Å². The predicted octanol–water partition coefficient (Wildman–Crippen LogP) is 3.09. The highest BCUT2D eigenvalue weighted by Gasteiger charge is 2.43. The van der Waals surface area contributed by atoms with Crippen molar-refractivity contribution < 1.29 is 50.9 Å². The zero-order chi connectivity index (χ0) is 24.9. The van der Waals surface area contributed by atoms with Crippen LogP contribution >= 0.6 is 0 Å². The van der Waals surface area contributed by atoms with E-state index in [0.717, 1.165) is 18.4 Å². The molecule has 3 rings (SSSR count). The predicted molar refractivity (Wildman–Crippen MR) is 101 cm³/mol. The molecular weight excluding hydrogens is 450 g/mol. The maximum atomic E-state index is 10.6. The number of rotatable bonds is 5. The third kappa shape index (κ3) is 10.3. The van der Waals surface area contributed by atoms with Crippen LogP contribution in [0.1, 0.15) is 33.1 Å². The minimum absolute atomic E-state index is 0.482. The molecule has 0 unspecified atom stereocenters. The summed E-state index contributed by atoms with van der Waals surface area (Å²) in [4.78, 5) is 22.9. The van der Waals surface area contributed by atoms with E-state index in [9.17, 15) is 26.3 Å². The van der Waals surface area contributed by atoms with Gasteiger partial charge in [-0.15, -0.1) is 0 Å². The molecule has 3 aliphatic rings. The van der Waals surface area contributed by atoms with Crippen LogP contribution in [-0.2, 0) is 14.3 Å². The summed E-state index contributed by atoms with van der Waals surface area (Å²) in [5.74, 6) is -3.68. The molecule has 0 aromatic rings. The number of ether oxygens (including phenoxy) is 1. The van der Waals surface area contributed by atoms with E-state index in [0.29, 0.717) is 18.2 Å². The molecule has 0 bridgehead atoms. The van der Waals surface area contributed by atoms with Gasteiger partial charge < -0.3 is 24.7 Å². The number of hydrogen-bond donors (Lipinski definition) is 2. The van der Waals surface area contributed by atoms with Gasteiger partial charge in [0.2, 0.25) is 0 Å². The minimum atomic E-state index is -5.08. The first-order valence-corrected chi connectivity index (χ1v) is 10.2. The van der Waals surface area contributed by atoms with Crippen molar-refractivity contribution in [3.8, 4) is 0 Å². The third-order valence-electron chi connectivity index (χ3n) is 5.46. The average molecular weight is 480 g/mol. The van der Waals surface area contributed by atoms with Crippen LogP contribution in [0.4, 0.5) is 26.3 Å². The first-order valence-electron chi connectivity index (χ1n) is 10.2. The summed E-state index contributed by atoms with van der Waals surface area (Å²) in [6.45, 7) is 9.45. The lowest BCUT2D eigenvalue weighted by molar-refractivity contribution is -0.193. The number of likely N-dealkylation sites (tertiary alicyclic amines) is 1. The van der Waals surface area contributed by atoms with Crippen molar-refractivity contribution in [2.75, 3.05) is 33.2 Å². The molecule has 13 heteroatoms. The molecular formula is C19H30F6N2O5. The largest absolute Gasteiger partial charge is 0.490 e. The zero-order valence-corrected chi connectivity index (χ0v) is 18.1. The van der Waals surface area contributed by atoms with Crippen molar-refractivity contribution in [2.45, 2.75) is 63.7 Å². The number of nitrogens with zero attached hydrogens (tertiary/aromatic N) is 2. The second-order valence-electron chi connectivity index (χ2n) is 8.59. The fraction of sp³-hybridized carbons (Fsp3) is 0.895. The first kappa shape index (κ1) is 28.4. The van der Waals surface area contributed by atoms with Crippen molar-refractivity contribution in [3.05, 3.63) is 0 Å². The Balaban J connectivity index is 0.000000305. The van der Waals surface area contributed by atoms with Gasteiger partial charge in [0, 0.05) is 38.1 Å². The third-order valence-corrected chi connectivity index (χ3v) is 5.46. The summed E-state index contributed by atoms with van der Waals surface area (Å²) in [6.07, 6.45) is -4.93. The van der Waals surface area contributed by atoms with Gasteiger partial charge in [0.15, 0.2) is 0 Å². The van der Waals surface area contributed by atoms with E-state index in [1.54, 1.807) is 0 Å². The molecule has 3 fully saturated rings. The summed E-state index contributed by atoms with van der Waals surface area (Å²) in [5.41, 5.74) is 0. The molecule has 1 aliphatic carbocycles. The highest BCUT2D eigenvalue weighted by Crippen LogP contribution is 2.36. The van der Waals surface area contributed by atoms with E-state index in [4.69, 9.17) is 24.5 Å². The Kier molecular flexibility index (Phi) is 10.2. The number of halogens is 6.